The molecule has 0 spiro atoms. The molecule has 25 heavy (non-hydrogen) atoms. The quantitative estimate of drug-likeness (QED) is 0.442. The summed E-state index contributed by atoms with van der Waals surface area (Å²) >= 11 is 0. The first-order chi connectivity index (χ1) is 12.2. The molecule has 0 bridgehead atoms. The monoisotopic (exact) mass is 336 g/mol. The summed E-state index contributed by atoms with van der Waals surface area (Å²) in [5.41, 5.74) is 3.72. The summed E-state index contributed by atoms with van der Waals surface area (Å²) in [6, 6.07) is 17.6. The predicted molar refractivity (Wildman–Crippen MR) is 101 cm³/mol. The van der Waals surface area contributed by atoms with Gasteiger partial charge in [-0.05, 0) is 48.9 Å². The van der Waals surface area contributed by atoms with Gasteiger partial charge in [0.05, 0.1) is 5.71 Å². The molecular formula is C21H24N2O2. The van der Waals surface area contributed by atoms with Crippen LogP contribution in [0.5, 0.6) is 0 Å². The highest BCUT2D eigenvalue weighted by atomic mass is 16.7. The van der Waals surface area contributed by atoms with Gasteiger partial charge in [0.25, 0.3) is 0 Å². The van der Waals surface area contributed by atoms with E-state index in [1.54, 1.807) is 12.1 Å². The van der Waals surface area contributed by atoms with Crippen molar-refractivity contribution in [2.45, 2.75) is 44.9 Å². The van der Waals surface area contributed by atoms with Crippen LogP contribution >= 0.6 is 0 Å². The molecule has 3 rings (SSSR count). The van der Waals surface area contributed by atoms with Crippen molar-refractivity contribution in [2.24, 2.45) is 5.16 Å². The molecule has 2 aromatic rings. The summed E-state index contributed by atoms with van der Waals surface area (Å²) < 4.78 is 0. The van der Waals surface area contributed by atoms with Crippen molar-refractivity contribution in [1.82, 2.24) is 0 Å². The topological polar surface area (TPSA) is 50.7 Å². The number of para-hydroxylation sites is 1. The second kappa shape index (κ2) is 8.47. The molecule has 130 valence electrons. The van der Waals surface area contributed by atoms with Crippen molar-refractivity contribution in [2.75, 3.05) is 5.32 Å². The Balaban J connectivity index is 1.57. The van der Waals surface area contributed by atoms with Crippen LogP contribution in [0, 0.1) is 0 Å². The Morgan fingerprint density at radius 1 is 1.00 bits per heavy atom. The third-order valence-corrected chi connectivity index (χ3v) is 4.69. The largest absolute Gasteiger partial charge is 0.437 e. The van der Waals surface area contributed by atoms with Gasteiger partial charge in [-0.1, -0.05) is 66.9 Å². The van der Waals surface area contributed by atoms with Crippen LogP contribution in [0.15, 0.2) is 59.8 Å². The van der Waals surface area contributed by atoms with Crippen molar-refractivity contribution in [3.8, 4) is 0 Å². The second-order valence-corrected chi connectivity index (χ2v) is 6.50. The molecule has 1 amide bonds. The lowest BCUT2D eigenvalue weighted by Gasteiger charge is -2.22. The zero-order chi connectivity index (χ0) is 17.5. The van der Waals surface area contributed by atoms with Gasteiger partial charge in [0, 0.05) is 5.69 Å². The number of nitrogens with zero attached hydrogens (tertiary/aromatic N) is 1. The SMILES string of the molecule is CC(=NOC(=O)Nc1ccccc1)c1ccc(C2CCCCC2)cc1. The normalized spacial score (nSPS) is 15.6. The molecule has 1 aliphatic rings. The maximum absolute atomic E-state index is 11.8. The molecule has 1 saturated carbocycles. The number of amides is 1. The number of anilines is 1. The van der Waals surface area contributed by atoms with Crippen molar-refractivity contribution in [3.63, 3.8) is 0 Å². The van der Waals surface area contributed by atoms with Gasteiger partial charge in [-0.25, -0.2) is 4.79 Å². The van der Waals surface area contributed by atoms with Gasteiger partial charge in [0.2, 0.25) is 0 Å². The number of carbonyl (C=O) groups excluding carboxylic acids is 1. The lowest BCUT2D eigenvalue weighted by atomic mass is 9.84. The fourth-order valence-electron chi connectivity index (χ4n) is 3.26. The number of nitrogens with one attached hydrogen (secondary N) is 1. The minimum Gasteiger partial charge on any atom is -0.298 e. The molecule has 4 nitrogen and oxygen atoms in total. The van der Waals surface area contributed by atoms with E-state index in [4.69, 9.17) is 4.84 Å². The van der Waals surface area contributed by atoms with E-state index in [1.807, 2.05) is 25.1 Å². The molecule has 2 aromatic carbocycles. The van der Waals surface area contributed by atoms with Gasteiger partial charge in [-0.2, -0.15) is 0 Å². The molecule has 1 fully saturated rings. The highest BCUT2D eigenvalue weighted by Gasteiger charge is 2.15. The molecule has 0 aliphatic heterocycles. The first-order valence-corrected chi connectivity index (χ1v) is 8.90. The summed E-state index contributed by atoms with van der Waals surface area (Å²) in [5.74, 6) is 0.688. The number of hydrogen-bond donors (Lipinski definition) is 1. The van der Waals surface area contributed by atoms with Crippen LogP contribution in [0.2, 0.25) is 0 Å². The maximum Gasteiger partial charge on any atom is 0.437 e. The van der Waals surface area contributed by atoms with E-state index in [1.165, 1.54) is 37.7 Å². The summed E-state index contributed by atoms with van der Waals surface area (Å²) in [6.07, 6.45) is 6.01. The lowest BCUT2D eigenvalue weighted by molar-refractivity contribution is 0.166. The van der Waals surface area contributed by atoms with E-state index in [9.17, 15) is 4.79 Å². The first-order valence-electron chi connectivity index (χ1n) is 8.90. The molecule has 0 radical (unpaired) electrons. The molecule has 1 aliphatic carbocycles. The Morgan fingerprint density at radius 2 is 1.68 bits per heavy atom. The van der Waals surface area contributed by atoms with Gasteiger partial charge in [0.15, 0.2) is 0 Å². The van der Waals surface area contributed by atoms with Crippen LogP contribution in [0.3, 0.4) is 0 Å². The molecule has 1 N–H and O–H groups in total. The summed E-state index contributed by atoms with van der Waals surface area (Å²) in [6.45, 7) is 1.84. The van der Waals surface area contributed by atoms with Crippen LogP contribution in [-0.2, 0) is 4.84 Å². The Morgan fingerprint density at radius 3 is 2.36 bits per heavy atom. The van der Waals surface area contributed by atoms with Crippen LogP contribution in [0.25, 0.3) is 0 Å². The van der Waals surface area contributed by atoms with E-state index in [0.717, 1.165) is 5.56 Å². The molecule has 4 heteroatoms. The highest BCUT2D eigenvalue weighted by molar-refractivity contribution is 5.99. The average Bonchev–Trinajstić information content (AvgIpc) is 2.68. The van der Waals surface area contributed by atoms with E-state index in [-0.39, 0.29) is 0 Å². The average molecular weight is 336 g/mol. The maximum atomic E-state index is 11.8. The van der Waals surface area contributed by atoms with Gasteiger partial charge < -0.3 is 0 Å². The number of oxime groups is 1. The van der Waals surface area contributed by atoms with Crippen LogP contribution < -0.4 is 5.32 Å². The third kappa shape index (κ3) is 4.92. The van der Waals surface area contributed by atoms with Crippen molar-refractivity contribution < 1.29 is 9.63 Å². The van der Waals surface area contributed by atoms with Crippen molar-refractivity contribution >= 4 is 17.5 Å². The summed E-state index contributed by atoms with van der Waals surface area (Å²) in [4.78, 5) is 16.7. The predicted octanol–water partition coefficient (Wildman–Crippen LogP) is 5.71. The number of benzene rings is 2. The van der Waals surface area contributed by atoms with Crippen LogP contribution in [-0.4, -0.2) is 11.8 Å². The summed E-state index contributed by atoms with van der Waals surface area (Å²) in [5, 5.41) is 6.57. The summed E-state index contributed by atoms with van der Waals surface area (Å²) in [7, 11) is 0. The Kier molecular flexibility index (Phi) is 5.83. The smallest absolute Gasteiger partial charge is 0.298 e. The Labute approximate surface area is 148 Å². The lowest BCUT2D eigenvalue weighted by Crippen LogP contribution is -2.11. The highest BCUT2D eigenvalue weighted by Crippen LogP contribution is 2.32. The number of hydrogen-bond acceptors (Lipinski definition) is 3. The second-order valence-electron chi connectivity index (χ2n) is 6.50. The molecule has 0 atom stereocenters. The zero-order valence-electron chi connectivity index (χ0n) is 14.6. The van der Waals surface area contributed by atoms with Gasteiger partial charge >= 0.3 is 6.09 Å². The van der Waals surface area contributed by atoms with Gasteiger partial charge in [-0.3, -0.25) is 10.2 Å². The van der Waals surface area contributed by atoms with Crippen molar-refractivity contribution in [3.05, 3.63) is 65.7 Å². The number of rotatable bonds is 4. The third-order valence-electron chi connectivity index (χ3n) is 4.69. The van der Waals surface area contributed by atoms with E-state index in [2.05, 4.69) is 34.7 Å². The van der Waals surface area contributed by atoms with E-state index < -0.39 is 6.09 Å². The first kappa shape index (κ1) is 17.2. The molecule has 0 heterocycles. The fourth-order valence-corrected chi connectivity index (χ4v) is 3.26. The fraction of sp³-hybridized carbons (Fsp3) is 0.333. The van der Waals surface area contributed by atoms with E-state index in [0.29, 0.717) is 17.3 Å². The number of carbonyl (C=O) groups is 1. The molecule has 0 aromatic heterocycles. The minimum absolute atomic E-state index is 0.593. The van der Waals surface area contributed by atoms with Crippen molar-refractivity contribution in [1.29, 1.82) is 0 Å². The van der Waals surface area contributed by atoms with Gasteiger partial charge in [-0.15, -0.1) is 0 Å². The Hall–Kier alpha value is -2.62. The van der Waals surface area contributed by atoms with Gasteiger partial charge in [0.1, 0.15) is 0 Å². The standard InChI is InChI=1S/C21H24N2O2/c1-16(23-25-21(24)22-20-10-6-3-7-11-20)17-12-14-19(15-13-17)18-8-4-2-5-9-18/h3,6-7,10-15,18H,2,4-5,8-9H2,1H3,(H,22,24). The van der Waals surface area contributed by atoms with E-state index >= 15 is 0 Å². The minimum atomic E-state index is -0.593. The van der Waals surface area contributed by atoms with Crippen LogP contribution in [0.1, 0.15) is 56.1 Å². The molecule has 0 saturated heterocycles. The molecule has 0 unspecified atom stereocenters. The van der Waals surface area contributed by atoms with Crippen LogP contribution in [0.4, 0.5) is 10.5 Å². The zero-order valence-corrected chi connectivity index (χ0v) is 14.6. The Bertz CT molecular complexity index is 717. The molecular weight excluding hydrogens is 312 g/mol.